The Labute approximate surface area is 165 Å². The van der Waals surface area contributed by atoms with Gasteiger partial charge in [0, 0.05) is 9.13 Å². The number of esters is 1. The van der Waals surface area contributed by atoms with Crippen molar-refractivity contribution in [3.05, 3.63) is 63.2 Å². The Hall–Kier alpha value is -2.29. The SMILES string of the molecule is CC(C)(C)OC(=O)c1ccc(Cn2nnc(-c3cccc(I)c3)n2)cc1. The third-order valence-electron chi connectivity index (χ3n) is 3.45. The summed E-state index contributed by atoms with van der Waals surface area (Å²) in [5.41, 5.74) is 1.92. The number of benzene rings is 2. The summed E-state index contributed by atoms with van der Waals surface area (Å²) in [7, 11) is 0. The molecule has 0 atom stereocenters. The Kier molecular flexibility index (Phi) is 5.36. The molecule has 0 fully saturated rings. The van der Waals surface area contributed by atoms with E-state index in [4.69, 9.17) is 4.74 Å². The minimum absolute atomic E-state index is 0.330. The summed E-state index contributed by atoms with van der Waals surface area (Å²) in [6.45, 7) is 6.02. The summed E-state index contributed by atoms with van der Waals surface area (Å²) < 4.78 is 6.48. The third-order valence-corrected chi connectivity index (χ3v) is 4.12. The van der Waals surface area contributed by atoms with Crippen LogP contribution in [0, 0.1) is 3.57 Å². The van der Waals surface area contributed by atoms with Gasteiger partial charge in [-0.3, -0.25) is 0 Å². The molecule has 7 heteroatoms. The molecule has 0 amide bonds. The van der Waals surface area contributed by atoms with Crippen LogP contribution in [-0.2, 0) is 11.3 Å². The van der Waals surface area contributed by atoms with Crippen LogP contribution in [0.15, 0.2) is 48.5 Å². The first-order valence-corrected chi connectivity index (χ1v) is 9.24. The molecule has 6 nitrogen and oxygen atoms in total. The molecule has 0 radical (unpaired) electrons. The minimum atomic E-state index is -0.508. The summed E-state index contributed by atoms with van der Waals surface area (Å²) >= 11 is 2.25. The van der Waals surface area contributed by atoms with Gasteiger partial charge in [-0.25, -0.2) is 4.79 Å². The van der Waals surface area contributed by atoms with Crippen molar-refractivity contribution >= 4 is 28.6 Å². The van der Waals surface area contributed by atoms with Crippen LogP contribution >= 0.6 is 22.6 Å². The highest BCUT2D eigenvalue weighted by Crippen LogP contribution is 2.17. The van der Waals surface area contributed by atoms with E-state index in [0.29, 0.717) is 17.9 Å². The zero-order valence-corrected chi connectivity index (χ0v) is 17.0. The Balaban J connectivity index is 1.69. The number of halogens is 1. The van der Waals surface area contributed by atoms with Crippen molar-refractivity contribution in [2.24, 2.45) is 0 Å². The maximum Gasteiger partial charge on any atom is 0.338 e. The number of hydrogen-bond acceptors (Lipinski definition) is 5. The monoisotopic (exact) mass is 462 g/mol. The summed E-state index contributed by atoms with van der Waals surface area (Å²) in [6, 6.07) is 15.2. The van der Waals surface area contributed by atoms with Gasteiger partial charge in [0.05, 0.1) is 12.1 Å². The van der Waals surface area contributed by atoms with Gasteiger partial charge in [0.15, 0.2) is 0 Å². The van der Waals surface area contributed by atoms with E-state index in [1.165, 1.54) is 4.80 Å². The van der Waals surface area contributed by atoms with Crippen LogP contribution in [-0.4, -0.2) is 31.8 Å². The Morgan fingerprint density at radius 2 is 1.88 bits per heavy atom. The van der Waals surface area contributed by atoms with Crippen molar-refractivity contribution in [1.29, 1.82) is 0 Å². The number of hydrogen-bond donors (Lipinski definition) is 0. The third kappa shape index (κ3) is 4.87. The Morgan fingerprint density at radius 1 is 1.15 bits per heavy atom. The number of aromatic nitrogens is 4. The fourth-order valence-electron chi connectivity index (χ4n) is 2.30. The number of nitrogens with zero attached hydrogens (tertiary/aromatic N) is 4. The predicted octanol–water partition coefficient (Wildman–Crippen LogP) is 3.95. The van der Waals surface area contributed by atoms with E-state index in [2.05, 4.69) is 38.0 Å². The summed E-state index contributed by atoms with van der Waals surface area (Å²) in [4.78, 5) is 13.6. The van der Waals surface area contributed by atoms with E-state index in [1.54, 1.807) is 12.1 Å². The van der Waals surface area contributed by atoms with E-state index in [-0.39, 0.29) is 5.97 Å². The first-order valence-electron chi connectivity index (χ1n) is 8.16. The topological polar surface area (TPSA) is 69.9 Å². The molecule has 0 unspecified atom stereocenters. The van der Waals surface area contributed by atoms with Crippen LogP contribution in [0.5, 0.6) is 0 Å². The second-order valence-corrected chi connectivity index (χ2v) is 8.10. The smallest absolute Gasteiger partial charge is 0.338 e. The molecule has 2 aromatic carbocycles. The molecule has 0 N–H and O–H groups in total. The van der Waals surface area contributed by atoms with E-state index < -0.39 is 5.60 Å². The molecule has 0 aliphatic carbocycles. The van der Waals surface area contributed by atoms with Crippen LogP contribution in [0.25, 0.3) is 11.4 Å². The standard InChI is InChI=1S/C19H19IN4O2/c1-19(2,3)26-18(25)14-9-7-13(8-10-14)12-24-22-17(21-23-24)15-5-4-6-16(20)11-15/h4-11H,12H2,1-3H3. The fraction of sp³-hybridized carbons (Fsp3) is 0.263. The maximum atomic E-state index is 12.1. The second kappa shape index (κ2) is 7.53. The normalized spacial score (nSPS) is 11.4. The molecule has 26 heavy (non-hydrogen) atoms. The first kappa shape index (κ1) is 18.5. The van der Waals surface area contributed by atoms with Crippen LogP contribution in [0.3, 0.4) is 0 Å². The molecule has 1 heterocycles. The molecule has 0 bridgehead atoms. The molecule has 0 spiro atoms. The minimum Gasteiger partial charge on any atom is -0.456 e. The Bertz CT molecular complexity index is 914. The van der Waals surface area contributed by atoms with Gasteiger partial charge in [0.25, 0.3) is 0 Å². The van der Waals surface area contributed by atoms with Gasteiger partial charge in [-0.15, -0.1) is 10.2 Å². The van der Waals surface area contributed by atoms with Crippen LogP contribution in [0.1, 0.15) is 36.7 Å². The van der Waals surface area contributed by atoms with Crippen LogP contribution < -0.4 is 0 Å². The lowest BCUT2D eigenvalue weighted by Gasteiger charge is -2.19. The molecular formula is C19H19IN4O2. The number of carbonyl (C=O) groups excluding carboxylic acids is 1. The van der Waals surface area contributed by atoms with E-state index in [9.17, 15) is 4.79 Å². The molecule has 134 valence electrons. The number of tetrazole rings is 1. The summed E-state index contributed by atoms with van der Waals surface area (Å²) in [5, 5.41) is 12.6. The van der Waals surface area contributed by atoms with E-state index in [0.717, 1.165) is 14.7 Å². The summed E-state index contributed by atoms with van der Waals surface area (Å²) in [5.74, 6) is 0.262. The van der Waals surface area contributed by atoms with E-state index in [1.807, 2.05) is 57.2 Å². The first-order chi connectivity index (χ1) is 12.3. The highest BCUT2D eigenvalue weighted by Gasteiger charge is 2.17. The molecule has 3 aromatic rings. The van der Waals surface area contributed by atoms with Crippen molar-refractivity contribution in [2.45, 2.75) is 32.9 Å². The summed E-state index contributed by atoms with van der Waals surface area (Å²) in [6.07, 6.45) is 0. The van der Waals surface area contributed by atoms with Gasteiger partial charge in [-0.1, -0.05) is 24.3 Å². The molecular weight excluding hydrogens is 443 g/mol. The molecule has 0 aliphatic heterocycles. The lowest BCUT2D eigenvalue weighted by atomic mass is 10.1. The zero-order valence-electron chi connectivity index (χ0n) is 14.8. The lowest BCUT2D eigenvalue weighted by Crippen LogP contribution is -2.23. The highest BCUT2D eigenvalue weighted by atomic mass is 127. The number of carbonyl (C=O) groups is 1. The zero-order chi connectivity index (χ0) is 18.7. The average molecular weight is 462 g/mol. The van der Waals surface area contributed by atoms with Gasteiger partial charge < -0.3 is 4.74 Å². The quantitative estimate of drug-likeness (QED) is 0.434. The number of ether oxygens (including phenoxy) is 1. The molecule has 0 saturated carbocycles. The molecule has 3 rings (SSSR count). The Morgan fingerprint density at radius 3 is 2.54 bits per heavy atom. The maximum absolute atomic E-state index is 12.1. The second-order valence-electron chi connectivity index (χ2n) is 6.85. The van der Waals surface area contributed by atoms with Gasteiger partial charge in [0.1, 0.15) is 5.60 Å². The lowest BCUT2D eigenvalue weighted by molar-refractivity contribution is 0.00695. The van der Waals surface area contributed by atoms with E-state index >= 15 is 0 Å². The largest absolute Gasteiger partial charge is 0.456 e. The van der Waals surface area contributed by atoms with Crippen molar-refractivity contribution in [3.63, 3.8) is 0 Å². The van der Waals surface area contributed by atoms with Gasteiger partial charge in [-0.05, 0) is 78.4 Å². The molecule has 0 saturated heterocycles. The molecule has 0 aliphatic rings. The molecule has 1 aromatic heterocycles. The van der Waals surface area contributed by atoms with Crippen molar-refractivity contribution < 1.29 is 9.53 Å². The van der Waals surface area contributed by atoms with Crippen molar-refractivity contribution in [2.75, 3.05) is 0 Å². The van der Waals surface area contributed by atoms with Crippen molar-refractivity contribution in [1.82, 2.24) is 20.2 Å². The van der Waals surface area contributed by atoms with Crippen LogP contribution in [0.4, 0.5) is 0 Å². The van der Waals surface area contributed by atoms with Gasteiger partial charge in [0.2, 0.25) is 5.82 Å². The predicted molar refractivity (Wildman–Crippen MR) is 107 cm³/mol. The number of rotatable bonds is 4. The van der Waals surface area contributed by atoms with Gasteiger partial charge in [-0.2, -0.15) is 4.80 Å². The fourth-order valence-corrected chi connectivity index (χ4v) is 2.84. The van der Waals surface area contributed by atoms with Crippen LogP contribution in [0.2, 0.25) is 0 Å². The van der Waals surface area contributed by atoms with Gasteiger partial charge >= 0.3 is 5.97 Å². The average Bonchev–Trinajstić information content (AvgIpc) is 3.02. The van der Waals surface area contributed by atoms with Crippen molar-refractivity contribution in [3.8, 4) is 11.4 Å². The highest BCUT2D eigenvalue weighted by molar-refractivity contribution is 14.1.